The zero-order chi connectivity index (χ0) is 20.3. The summed E-state index contributed by atoms with van der Waals surface area (Å²) in [4.78, 5) is 23.2. The Hall–Kier alpha value is -1.14. The van der Waals surface area contributed by atoms with Crippen molar-refractivity contribution in [1.82, 2.24) is 10.3 Å². The average Bonchev–Trinajstić information content (AvgIpc) is 2.57. The topological polar surface area (TPSA) is 95.7 Å². The average molecular weight is 394 g/mol. The van der Waals surface area contributed by atoms with Crippen LogP contribution in [-0.4, -0.2) is 41.1 Å². The lowest BCUT2D eigenvalue weighted by molar-refractivity contribution is -0.140. The molecule has 0 atom stereocenters. The molecule has 1 heterocycles. The van der Waals surface area contributed by atoms with Gasteiger partial charge in [0, 0.05) is 25.6 Å². The molecular weight excluding hydrogens is 354 g/mol. The van der Waals surface area contributed by atoms with E-state index in [1.54, 1.807) is 0 Å². The number of nitrogens with two attached hydrogens (primary N) is 1. The van der Waals surface area contributed by atoms with Crippen molar-refractivity contribution in [2.24, 2.45) is 34.9 Å². The second-order valence-electron chi connectivity index (χ2n) is 10.5. The van der Waals surface area contributed by atoms with E-state index in [1.807, 2.05) is 18.9 Å². The van der Waals surface area contributed by atoms with Crippen molar-refractivity contribution in [3.8, 4) is 0 Å². The molecule has 4 N–H and O–H groups in total. The van der Waals surface area contributed by atoms with E-state index in [1.165, 1.54) is 51.4 Å². The Morgan fingerprint density at radius 2 is 1.50 bits per heavy atom. The molecule has 6 nitrogen and oxygen atoms in total. The van der Waals surface area contributed by atoms with E-state index in [0.717, 1.165) is 24.9 Å². The maximum atomic E-state index is 12.3. The molecule has 0 spiro atoms. The highest BCUT2D eigenvalue weighted by molar-refractivity contribution is 5.78. The molecule has 1 amide bonds. The van der Waals surface area contributed by atoms with Gasteiger partial charge in [-0.2, -0.15) is 0 Å². The van der Waals surface area contributed by atoms with Gasteiger partial charge in [-0.1, -0.05) is 20.3 Å². The summed E-state index contributed by atoms with van der Waals surface area (Å²) in [7, 11) is 0. The van der Waals surface area contributed by atoms with Crippen LogP contribution >= 0.6 is 0 Å². The monoisotopic (exact) mass is 393 g/mol. The predicted octanol–water partition coefficient (Wildman–Crippen LogP) is 3.16. The van der Waals surface area contributed by atoms with Crippen LogP contribution in [0, 0.1) is 29.1 Å². The van der Waals surface area contributed by atoms with E-state index < -0.39 is 11.4 Å². The van der Waals surface area contributed by atoms with Crippen molar-refractivity contribution in [2.75, 3.05) is 13.1 Å². The van der Waals surface area contributed by atoms with Crippen LogP contribution in [0.1, 0.15) is 78.1 Å². The van der Waals surface area contributed by atoms with Gasteiger partial charge in [-0.15, -0.1) is 0 Å². The van der Waals surface area contributed by atoms with Gasteiger partial charge in [0.05, 0.1) is 6.42 Å². The molecule has 5 aliphatic rings. The maximum absolute atomic E-state index is 12.3. The van der Waals surface area contributed by atoms with Crippen molar-refractivity contribution in [2.45, 2.75) is 84.1 Å². The quantitative estimate of drug-likeness (QED) is 0.624. The van der Waals surface area contributed by atoms with Gasteiger partial charge >= 0.3 is 5.97 Å². The number of piperidine rings is 1. The number of nitrogens with zero attached hydrogens (tertiary/aromatic N) is 1. The fourth-order valence-electron chi connectivity index (χ4n) is 6.22. The highest BCUT2D eigenvalue weighted by atomic mass is 16.4. The van der Waals surface area contributed by atoms with E-state index in [9.17, 15) is 9.59 Å². The molecule has 0 radical (unpaired) electrons. The lowest BCUT2D eigenvalue weighted by Crippen LogP contribution is -2.56. The summed E-state index contributed by atoms with van der Waals surface area (Å²) in [6.07, 6.45) is 10.9. The number of hydrazine groups is 1. The van der Waals surface area contributed by atoms with Crippen molar-refractivity contribution < 1.29 is 14.7 Å². The molecule has 28 heavy (non-hydrogen) atoms. The number of amides is 1. The van der Waals surface area contributed by atoms with Crippen LogP contribution in [0.3, 0.4) is 0 Å². The number of aliphatic carboxylic acids is 1. The molecule has 4 saturated carbocycles. The summed E-state index contributed by atoms with van der Waals surface area (Å²) >= 11 is 0. The maximum Gasteiger partial charge on any atom is 0.303 e. The van der Waals surface area contributed by atoms with Crippen LogP contribution in [-0.2, 0) is 9.59 Å². The molecule has 0 aromatic rings. The largest absolute Gasteiger partial charge is 0.481 e. The zero-order valence-electron chi connectivity index (χ0n) is 17.7. The summed E-state index contributed by atoms with van der Waals surface area (Å²) in [5, 5.41) is 14.1. The SMILES string of the molecule is CC(C)(CC(=O)O)CC(=O)NC1C2CC3CC(C2)CC1C3.NN1CCCCC1. The molecule has 160 valence electrons. The molecular formula is C22H39N3O3. The Morgan fingerprint density at radius 1 is 0.964 bits per heavy atom. The standard InChI is InChI=1S/C17H27NO3.C5H12N2/c1-17(2,9-15(20)21)8-14(19)18-16-12-4-10-3-11(6-12)7-13(16)5-10;6-7-4-2-1-3-5-7/h10-13,16H,3-9H2,1-2H3,(H,18,19)(H,20,21);1-6H2. The molecule has 1 saturated heterocycles. The van der Waals surface area contributed by atoms with Crippen molar-refractivity contribution in [3.63, 3.8) is 0 Å². The minimum atomic E-state index is -0.831. The predicted molar refractivity (Wildman–Crippen MR) is 109 cm³/mol. The molecule has 5 fully saturated rings. The number of rotatable bonds is 5. The molecule has 4 bridgehead atoms. The van der Waals surface area contributed by atoms with Crippen LogP contribution in [0.5, 0.6) is 0 Å². The summed E-state index contributed by atoms with van der Waals surface area (Å²) in [5.74, 6) is 7.84. The first-order valence-electron chi connectivity index (χ1n) is 11.2. The minimum absolute atomic E-state index is 0.0405. The van der Waals surface area contributed by atoms with Gasteiger partial charge in [0.15, 0.2) is 0 Å². The third kappa shape index (κ3) is 5.93. The molecule has 0 aromatic heterocycles. The number of hydrogen-bond acceptors (Lipinski definition) is 4. The van der Waals surface area contributed by atoms with Gasteiger partial charge in [-0.25, -0.2) is 5.01 Å². The Kier molecular flexibility index (Phi) is 7.02. The zero-order valence-corrected chi connectivity index (χ0v) is 17.7. The fraction of sp³-hybridized carbons (Fsp3) is 0.909. The van der Waals surface area contributed by atoms with E-state index >= 15 is 0 Å². The lowest BCUT2D eigenvalue weighted by atomic mass is 9.54. The Morgan fingerprint density at radius 3 is 1.93 bits per heavy atom. The van der Waals surface area contributed by atoms with Gasteiger partial charge < -0.3 is 10.4 Å². The highest BCUT2D eigenvalue weighted by Crippen LogP contribution is 2.53. The molecule has 6 heteroatoms. The van der Waals surface area contributed by atoms with E-state index in [0.29, 0.717) is 24.3 Å². The summed E-state index contributed by atoms with van der Waals surface area (Å²) in [6, 6.07) is 0.353. The first-order valence-corrected chi connectivity index (χ1v) is 11.2. The molecule has 1 aliphatic heterocycles. The normalized spacial score (nSPS) is 34.5. The van der Waals surface area contributed by atoms with Crippen molar-refractivity contribution in [3.05, 3.63) is 0 Å². The van der Waals surface area contributed by atoms with E-state index in [4.69, 9.17) is 10.9 Å². The summed E-state index contributed by atoms with van der Waals surface area (Å²) < 4.78 is 0. The number of carbonyl (C=O) groups is 2. The van der Waals surface area contributed by atoms with Gasteiger partial charge in [-0.3, -0.25) is 15.4 Å². The van der Waals surface area contributed by atoms with Gasteiger partial charge in [0.2, 0.25) is 5.91 Å². The van der Waals surface area contributed by atoms with Crippen molar-refractivity contribution >= 4 is 11.9 Å². The number of nitrogens with one attached hydrogen (secondary N) is 1. The first-order chi connectivity index (χ1) is 13.2. The van der Waals surface area contributed by atoms with Crippen LogP contribution in [0.25, 0.3) is 0 Å². The second kappa shape index (κ2) is 9.12. The smallest absolute Gasteiger partial charge is 0.303 e. The Bertz CT molecular complexity index is 529. The molecule has 0 unspecified atom stereocenters. The number of carboxylic acids is 1. The molecule has 5 rings (SSSR count). The molecule has 4 aliphatic carbocycles. The Balaban J connectivity index is 0.000000271. The van der Waals surface area contributed by atoms with Crippen LogP contribution < -0.4 is 11.2 Å². The third-order valence-corrected chi connectivity index (χ3v) is 7.21. The van der Waals surface area contributed by atoms with Crippen LogP contribution in [0.4, 0.5) is 0 Å². The number of carbonyl (C=O) groups excluding carboxylic acids is 1. The summed E-state index contributed by atoms with van der Waals surface area (Å²) in [5.41, 5.74) is -0.470. The van der Waals surface area contributed by atoms with E-state index in [-0.39, 0.29) is 12.3 Å². The van der Waals surface area contributed by atoms with Gasteiger partial charge in [0.25, 0.3) is 0 Å². The number of carboxylic acid groups (broad SMARTS) is 1. The Labute approximate surface area is 169 Å². The minimum Gasteiger partial charge on any atom is -0.481 e. The first kappa shape index (κ1) is 21.6. The van der Waals surface area contributed by atoms with Gasteiger partial charge in [0.1, 0.15) is 0 Å². The van der Waals surface area contributed by atoms with E-state index in [2.05, 4.69) is 5.32 Å². The fourth-order valence-corrected chi connectivity index (χ4v) is 6.22. The number of hydrogen-bond donors (Lipinski definition) is 3. The second-order valence-corrected chi connectivity index (χ2v) is 10.5. The highest BCUT2D eigenvalue weighted by Gasteiger charge is 2.48. The van der Waals surface area contributed by atoms with Crippen molar-refractivity contribution in [1.29, 1.82) is 0 Å². The van der Waals surface area contributed by atoms with Gasteiger partial charge in [-0.05, 0) is 74.0 Å². The third-order valence-electron chi connectivity index (χ3n) is 7.21. The summed E-state index contributed by atoms with van der Waals surface area (Å²) in [6.45, 7) is 5.91. The van der Waals surface area contributed by atoms with Crippen LogP contribution in [0.2, 0.25) is 0 Å². The lowest BCUT2D eigenvalue weighted by Gasteiger charge is -2.54. The van der Waals surface area contributed by atoms with Crippen LogP contribution in [0.15, 0.2) is 0 Å². The molecule has 0 aromatic carbocycles.